The van der Waals surface area contributed by atoms with E-state index in [1.807, 2.05) is 37.3 Å². The van der Waals surface area contributed by atoms with Crippen LogP contribution in [0.15, 0.2) is 42.0 Å². The van der Waals surface area contributed by atoms with E-state index in [0.717, 1.165) is 24.8 Å². The van der Waals surface area contributed by atoms with Crippen molar-refractivity contribution < 1.29 is 9.59 Å². The Morgan fingerprint density at radius 1 is 1.17 bits per heavy atom. The van der Waals surface area contributed by atoms with E-state index in [2.05, 4.69) is 22.0 Å². The molecule has 1 aliphatic carbocycles. The molecule has 0 saturated heterocycles. The number of amides is 3. The molecule has 1 aliphatic rings. The average Bonchev–Trinajstić information content (AvgIpc) is 2.60. The van der Waals surface area contributed by atoms with E-state index >= 15 is 0 Å². The standard InChI is InChI=1S/C19H27N3O2/c1-2-20-19(24)22-18(23)17(16-11-7-4-8-12-16)21-14-13-15-9-5-3-6-10-15/h4,7-9,11-12,17,21H,2-3,5-6,10,13-14H2,1H3,(H2,20,22,23,24)/t17-/m0/s1. The maximum absolute atomic E-state index is 12.5. The molecular weight excluding hydrogens is 302 g/mol. The van der Waals surface area contributed by atoms with Crippen LogP contribution in [0.5, 0.6) is 0 Å². The molecule has 0 radical (unpaired) electrons. The summed E-state index contributed by atoms with van der Waals surface area (Å²) < 4.78 is 0. The molecule has 0 heterocycles. The molecule has 0 fully saturated rings. The van der Waals surface area contributed by atoms with E-state index in [4.69, 9.17) is 0 Å². The number of benzene rings is 1. The second-order valence-electron chi connectivity index (χ2n) is 6.00. The molecule has 3 amide bonds. The quantitative estimate of drug-likeness (QED) is 0.673. The Morgan fingerprint density at radius 3 is 2.62 bits per heavy atom. The minimum absolute atomic E-state index is 0.329. The van der Waals surface area contributed by atoms with Crippen molar-refractivity contribution >= 4 is 11.9 Å². The maximum Gasteiger partial charge on any atom is 0.321 e. The Labute approximate surface area is 143 Å². The first kappa shape index (κ1) is 18.2. The van der Waals surface area contributed by atoms with Crippen LogP contribution in [0.25, 0.3) is 0 Å². The number of rotatable bonds is 7. The van der Waals surface area contributed by atoms with Crippen LogP contribution in [-0.2, 0) is 4.79 Å². The van der Waals surface area contributed by atoms with E-state index in [1.54, 1.807) is 0 Å². The fraction of sp³-hybridized carbons (Fsp3) is 0.474. The molecule has 0 bridgehead atoms. The second-order valence-corrected chi connectivity index (χ2v) is 6.00. The molecule has 5 heteroatoms. The van der Waals surface area contributed by atoms with Crippen LogP contribution in [0, 0.1) is 0 Å². The first-order valence-corrected chi connectivity index (χ1v) is 8.75. The van der Waals surface area contributed by atoms with Crippen molar-refractivity contribution in [2.75, 3.05) is 13.1 Å². The Hall–Kier alpha value is -2.14. The highest BCUT2D eigenvalue weighted by Crippen LogP contribution is 2.20. The third-order valence-electron chi connectivity index (χ3n) is 4.15. The third-order valence-corrected chi connectivity index (χ3v) is 4.15. The van der Waals surface area contributed by atoms with Gasteiger partial charge >= 0.3 is 6.03 Å². The lowest BCUT2D eigenvalue weighted by molar-refractivity contribution is -0.122. The summed E-state index contributed by atoms with van der Waals surface area (Å²) in [6, 6.07) is 8.51. The van der Waals surface area contributed by atoms with E-state index in [0.29, 0.717) is 13.1 Å². The summed E-state index contributed by atoms with van der Waals surface area (Å²) in [6.45, 7) is 3.01. The van der Waals surface area contributed by atoms with Gasteiger partial charge in [-0.15, -0.1) is 0 Å². The number of carbonyl (C=O) groups excluding carboxylic acids is 2. The van der Waals surface area contributed by atoms with Gasteiger partial charge in [0.25, 0.3) is 0 Å². The first-order chi connectivity index (χ1) is 11.7. The predicted octanol–water partition coefficient (Wildman–Crippen LogP) is 3.05. The molecule has 0 unspecified atom stereocenters. The summed E-state index contributed by atoms with van der Waals surface area (Å²) in [6.07, 6.45) is 8.11. The maximum atomic E-state index is 12.5. The van der Waals surface area contributed by atoms with E-state index in [-0.39, 0.29) is 5.91 Å². The molecule has 1 aromatic carbocycles. The fourth-order valence-corrected chi connectivity index (χ4v) is 2.91. The second kappa shape index (κ2) is 9.88. The summed E-state index contributed by atoms with van der Waals surface area (Å²) in [5, 5.41) is 8.28. The van der Waals surface area contributed by atoms with Gasteiger partial charge in [-0.1, -0.05) is 42.0 Å². The van der Waals surface area contributed by atoms with Crippen molar-refractivity contribution in [1.29, 1.82) is 0 Å². The summed E-state index contributed by atoms with van der Waals surface area (Å²) in [5.74, 6) is -0.329. The van der Waals surface area contributed by atoms with Crippen molar-refractivity contribution in [3.05, 3.63) is 47.5 Å². The molecule has 1 atom stereocenters. The zero-order valence-corrected chi connectivity index (χ0v) is 14.3. The zero-order chi connectivity index (χ0) is 17.2. The van der Waals surface area contributed by atoms with Crippen LogP contribution in [0.1, 0.15) is 50.6 Å². The van der Waals surface area contributed by atoms with Crippen molar-refractivity contribution in [3.8, 4) is 0 Å². The van der Waals surface area contributed by atoms with Gasteiger partial charge in [-0.2, -0.15) is 0 Å². The largest absolute Gasteiger partial charge is 0.338 e. The van der Waals surface area contributed by atoms with E-state index in [9.17, 15) is 9.59 Å². The minimum atomic E-state index is -0.530. The van der Waals surface area contributed by atoms with Gasteiger partial charge < -0.3 is 10.6 Å². The zero-order valence-electron chi connectivity index (χ0n) is 14.3. The number of allylic oxidation sites excluding steroid dienone is 1. The van der Waals surface area contributed by atoms with Gasteiger partial charge in [-0.3, -0.25) is 10.1 Å². The molecule has 0 aliphatic heterocycles. The Bertz CT molecular complexity index is 569. The summed E-state index contributed by atoms with van der Waals surface area (Å²) in [4.78, 5) is 24.1. The number of hydrogen-bond donors (Lipinski definition) is 3. The fourth-order valence-electron chi connectivity index (χ4n) is 2.91. The van der Waals surface area contributed by atoms with E-state index < -0.39 is 12.1 Å². The van der Waals surface area contributed by atoms with Gasteiger partial charge in [-0.05, 0) is 51.1 Å². The van der Waals surface area contributed by atoms with Gasteiger partial charge in [0.05, 0.1) is 0 Å². The van der Waals surface area contributed by atoms with Crippen LogP contribution in [-0.4, -0.2) is 25.0 Å². The van der Waals surface area contributed by atoms with Gasteiger partial charge in [0.2, 0.25) is 5.91 Å². The van der Waals surface area contributed by atoms with E-state index in [1.165, 1.54) is 18.4 Å². The van der Waals surface area contributed by atoms with Crippen LogP contribution in [0.3, 0.4) is 0 Å². The van der Waals surface area contributed by atoms with Crippen molar-refractivity contribution in [1.82, 2.24) is 16.0 Å². The van der Waals surface area contributed by atoms with Crippen LogP contribution in [0.2, 0.25) is 0 Å². The summed E-state index contributed by atoms with van der Waals surface area (Å²) in [5.41, 5.74) is 2.32. The molecule has 1 aromatic rings. The topological polar surface area (TPSA) is 70.2 Å². The Balaban J connectivity index is 1.96. The van der Waals surface area contributed by atoms with Crippen LogP contribution >= 0.6 is 0 Å². The molecule has 0 spiro atoms. The summed E-state index contributed by atoms with van der Waals surface area (Å²) in [7, 11) is 0. The molecule has 24 heavy (non-hydrogen) atoms. The van der Waals surface area contributed by atoms with Gasteiger partial charge in [0.15, 0.2) is 0 Å². The number of hydrogen-bond acceptors (Lipinski definition) is 3. The normalized spacial score (nSPS) is 15.3. The molecule has 0 saturated carbocycles. The predicted molar refractivity (Wildman–Crippen MR) is 95.6 cm³/mol. The number of nitrogens with one attached hydrogen (secondary N) is 3. The number of carbonyl (C=O) groups is 2. The molecule has 3 N–H and O–H groups in total. The van der Waals surface area contributed by atoms with Gasteiger partial charge in [-0.25, -0.2) is 4.79 Å². The molecular formula is C19H27N3O2. The highest BCUT2D eigenvalue weighted by Gasteiger charge is 2.21. The van der Waals surface area contributed by atoms with Crippen molar-refractivity contribution in [2.45, 2.75) is 45.1 Å². The molecule has 5 nitrogen and oxygen atoms in total. The lowest BCUT2D eigenvalue weighted by Gasteiger charge is -2.20. The Morgan fingerprint density at radius 2 is 1.96 bits per heavy atom. The highest BCUT2D eigenvalue weighted by molar-refractivity contribution is 5.97. The smallest absolute Gasteiger partial charge is 0.321 e. The monoisotopic (exact) mass is 329 g/mol. The average molecular weight is 329 g/mol. The summed E-state index contributed by atoms with van der Waals surface area (Å²) >= 11 is 0. The highest BCUT2D eigenvalue weighted by atomic mass is 16.2. The minimum Gasteiger partial charge on any atom is -0.338 e. The van der Waals surface area contributed by atoms with Crippen molar-refractivity contribution in [3.63, 3.8) is 0 Å². The lowest BCUT2D eigenvalue weighted by Crippen LogP contribution is -2.45. The van der Waals surface area contributed by atoms with Crippen LogP contribution < -0.4 is 16.0 Å². The molecule has 130 valence electrons. The first-order valence-electron chi connectivity index (χ1n) is 8.75. The third kappa shape index (κ3) is 5.81. The lowest BCUT2D eigenvalue weighted by atomic mass is 9.97. The number of imide groups is 1. The molecule has 2 rings (SSSR count). The number of urea groups is 1. The van der Waals surface area contributed by atoms with Crippen molar-refractivity contribution in [2.24, 2.45) is 0 Å². The van der Waals surface area contributed by atoms with Gasteiger partial charge in [0.1, 0.15) is 6.04 Å². The Kier molecular flexibility index (Phi) is 7.49. The SMILES string of the molecule is CCNC(=O)NC(=O)[C@@H](NCCC1=CCCCC1)c1ccccc1. The van der Waals surface area contributed by atoms with Gasteiger partial charge in [0, 0.05) is 6.54 Å². The molecule has 0 aromatic heterocycles. The van der Waals surface area contributed by atoms with Crippen LogP contribution in [0.4, 0.5) is 4.79 Å².